The molecule has 24 heavy (non-hydrogen) atoms. The predicted molar refractivity (Wildman–Crippen MR) is 85.5 cm³/mol. The largest absolute Gasteiger partial charge is 0.324 e. The molecule has 3 nitrogen and oxygen atoms in total. The Morgan fingerprint density at radius 3 is 2.67 bits per heavy atom. The summed E-state index contributed by atoms with van der Waals surface area (Å²) in [4.78, 5) is 15.3. The standard InChI is InChI=1S/C19H16F2N2O/c1-19(2)10-6-11-16(9-3-4-14(20)15(21)5-9)12(8-22)18(24)23-17(11)13(19)7-10/h3-5,10,13H,6-7H2,1-2H3,(H,23,24)/t10-,13-/m0/s1. The number of hydrogen-bond donors (Lipinski definition) is 1. The lowest BCUT2D eigenvalue weighted by molar-refractivity contribution is 0.0155. The minimum atomic E-state index is -0.980. The molecule has 0 amide bonds. The van der Waals surface area contributed by atoms with E-state index in [1.807, 2.05) is 6.07 Å². The highest BCUT2D eigenvalue weighted by molar-refractivity contribution is 5.75. The normalized spacial score (nSPS) is 23.1. The summed E-state index contributed by atoms with van der Waals surface area (Å²) in [5.74, 6) is -1.22. The van der Waals surface area contributed by atoms with E-state index >= 15 is 0 Å². The van der Waals surface area contributed by atoms with Gasteiger partial charge in [0.25, 0.3) is 5.56 Å². The minimum Gasteiger partial charge on any atom is -0.324 e. The smallest absolute Gasteiger partial charge is 0.266 e. The Kier molecular flexibility index (Phi) is 2.99. The molecular formula is C19H16F2N2O. The summed E-state index contributed by atoms with van der Waals surface area (Å²) in [6.45, 7) is 4.37. The van der Waals surface area contributed by atoms with Crippen molar-refractivity contribution in [2.75, 3.05) is 0 Å². The van der Waals surface area contributed by atoms with Gasteiger partial charge in [0.2, 0.25) is 0 Å². The van der Waals surface area contributed by atoms with Crippen LogP contribution in [0.25, 0.3) is 11.1 Å². The lowest BCUT2D eigenvalue weighted by Gasteiger charge is -2.57. The van der Waals surface area contributed by atoms with E-state index in [0.717, 1.165) is 36.2 Å². The second kappa shape index (κ2) is 4.76. The van der Waals surface area contributed by atoms with Gasteiger partial charge in [0.1, 0.15) is 11.6 Å². The minimum absolute atomic E-state index is 0.0288. The van der Waals surface area contributed by atoms with Crippen LogP contribution < -0.4 is 5.56 Å². The van der Waals surface area contributed by atoms with Crippen molar-refractivity contribution in [2.45, 2.75) is 32.6 Å². The van der Waals surface area contributed by atoms with E-state index in [0.29, 0.717) is 17.0 Å². The Balaban J connectivity index is 2.02. The summed E-state index contributed by atoms with van der Waals surface area (Å²) >= 11 is 0. The molecule has 0 radical (unpaired) electrons. The number of benzene rings is 1. The topological polar surface area (TPSA) is 56.6 Å². The molecule has 2 bridgehead atoms. The second-order valence-corrected chi connectivity index (χ2v) is 7.35. The van der Waals surface area contributed by atoms with Crippen molar-refractivity contribution in [3.05, 3.63) is 57.0 Å². The SMILES string of the molecule is CC1(C)[C@H]2Cc3c([nH]c(=O)c(C#N)c3-c3ccc(F)c(F)c3)[C@@H]1C2. The van der Waals surface area contributed by atoms with Gasteiger partial charge in [-0.25, -0.2) is 8.78 Å². The van der Waals surface area contributed by atoms with Gasteiger partial charge in [0, 0.05) is 17.2 Å². The molecule has 1 aromatic carbocycles. The maximum Gasteiger partial charge on any atom is 0.266 e. The van der Waals surface area contributed by atoms with Crippen LogP contribution in [0, 0.1) is 34.3 Å². The number of nitrogens with one attached hydrogen (secondary N) is 1. The van der Waals surface area contributed by atoms with Crippen molar-refractivity contribution in [1.29, 1.82) is 5.26 Å². The zero-order valence-corrected chi connectivity index (χ0v) is 13.4. The van der Waals surface area contributed by atoms with Crippen LogP contribution in [0.3, 0.4) is 0 Å². The molecule has 3 aliphatic rings. The maximum absolute atomic E-state index is 13.7. The Morgan fingerprint density at radius 1 is 1.29 bits per heavy atom. The Hall–Kier alpha value is -2.48. The maximum atomic E-state index is 13.7. The third-order valence-corrected chi connectivity index (χ3v) is 5.94. The Bertz CT molecular complexity index is 969. The number of aromatic nitrogens is 1. The van der Waals surface area contributed by atoms with E-state index in [2.05, 4.69) is 18.8 Å². The van der Waals surface area contributed by atoms with Gasteiger partial charge >= 0.3 is 0 Å². The second-order valence-electron chi connectivity index (χ2n) is 7.35. The Morgan fingerprint density at radius 2 is 2.04 bits per heavy atom. The molecule has 1 saturated carbocycles. The lowest BCUT2D eigenvalue weighted by atomic mass is 9.48. The summed E-state index contributed by atoms with van der Waals surface area (Å²) < 4.78 is 27.0. The van der Waals surface area contributed by atoms with Crippen LogP contribution in [0.5, 0.6) is 0 Å². The average molecular weight is 326 g/mol. The molecule has 1 aromatic heterocycles. The zero-order chi connectivity index (χ0) is 17.2. The molecular weight excluding hydrogens is 310 g/mol. The highest BCUT2D eigenvalue weighted by atomic mass is 19.2. The van der Waals surface area contributed by atoms with Gasteiger partial charge in [-0.15, -0.1) is 0 Å². The number of aromatic amines is 1. The van der Waals surface area contributed by atoms with E-state index in [9.17, 15) is 18.8 Å². The van der Waals surface area contributed by atoms with Gasteiger partial charge in [-0.05, 0) is 47.4 Å². The van der Waals surface area contributed by atoms with Gasteiger partial charge in [-0.2, -0.15) is 5.26 Å². The summed E-state index contributed by atoms with van der Waals surface area (Å²) in [7, 11) is 0. The van der Waals surface area contributed by atoms with Gasteiger partial charge in [-0.1, -0.05) is 19.9 Å². The van der Waals surface area contributed by atoms with E-state index in [1.54, 1.807) is 0 Å². The summed E-state index contributed by atoms with van der Waals surface area (Å²) in [6.07, 6.45) is 1.75. The highest BCUT2D eigenvalue weighted by Gasteiger charge is 2.53. The molecule has 122 valence electrons. The van der Waals surface area contributed by atoms with E-state index in [1.165, 1.54) is 6.07 Å². The summed E-state index contributed by atoms with van der Waals surface area (Å²) in [5.41, 5.74) is 2.21. The molecule has 0 saturated heterocycles. The number of hydrogen-bond acceptors (Lipinski definition) is 2. The number of halogens is 2. The third kappa shape index (κ3) is 1.83. The first-order valence-electron chi connectivity index (χ1n) is 7.99. The molecule has 5 heteroatoms. The van der Waals surface area contributed by atoms with Crippen LogP contribution in [0.2, 0.25) is 0 Å². The van der Waals surface area contributed by atoms with Crippen LogP contribution in [0.15, 0.2) is 23.0 Å². The number of nitrogens with zero attached hydrogens (tertiary/aromatic N) is 1. The number of H-pyrrole nitrogens is 1. The lowest BCUT2D eigenvalue weighted by Crippen LogP contribution is -2.49. The van der Waals surface area contributed by atoms with Crippen LogP contribution in [0.4, 0.5) is 8.78 Å². The van der Waals surface area contributed by atoms with E-state index < -0.39 is 17.2 Å². The molecule has 0 aliphatic heterocycles. The third-order valence-electron chi connectivity index (χ3n) is 5.94. The Labute approximate surface area is 138 Å². The van der Waals surface area contributed by atoms with Crippen molar-refractivity contribution < 1.29 is 8.78 Å². The van der Waals surface area contributed by atoms with Crippen LogP contribution in [-0.2, 0) is 6.42 Å². The first-order chi connectivity index (χ1) is 11.3. The van der Waals surface area contributed by atoms with Crippen LogP contribution in [-0.4, -0.2) is 4.98 Å². The van der Waals surface area contributed by atoms with Crippen molar-refractivity contribution in [3.8, 4) is 17.2 Å². The van der Waals surface area contributed by atoms with Gasteiger partial charge < -0.3 is 4.98 Å². The first-order valence-corrected chi connectivity index (χ1v) is 7.99. The molecule has 1 heterocycles. The number of nitriles is 1. The predicted octanol–water partition coefficient (Wildman–Crippen LogP) is 3.88. The van der Waals surface area contributed by atoms with Crippen molar-refractivity contribution in [3.63, 3.8) is 0 Å². The van der Waals surface area contributed by atoms with Crippen LogP contribution >= 0.6 is 0 Å². The average Bonchev–Trinajstić information content (AvgIpc) is 2.55. The molecule has 2 aromatic rings. The quantitative estimate of drug-likeness (QED) is 0.864. The van der Waals surface area contributed by atoms with Gasteiger partial charge in [0.15, 0.2) is 11.6 Å². The molecule has 3 aliphatic carbocycles. The first kappa shape index (κ1) is 15.1. The summed E-state index contributed by atoms with van der Waals surface area (Å²) in [5, 5.41) is 9.43. The van der Waals surface area contributed by atoms with Crippen molar-refractivity contribution >= 4 is 0 Å². The molecule has 0 unspecified atom stereocenters. The van der Waals surface area contributed by atoms with Gasteiger partial charge in [-0.3, -0.25) is 4.79 Å². The number of pyridine rings is 1. The summed E-state index contributed by atoms with van der Waals surface area (Å²) in [6, 6.07) is 5.47. The van der Waals surface area contributed by atoms with E-state index in [-0.39, 0.29) is 16.9 Å². The van der Waals surface area contributed by atoms with E-state index in [4.69, 9.17) is 0 Å². The zero-order valence-electron chi connectivity index (χ0n) is 13.4. The fourth-order valence-corrected chi connectivity index (χ4v) is 4.34. The molecule has 5 rings (SSSR count). The molecule has 2 atom stereocenters. The molecule has 1 fully saturated rings. The van der Waals surface area contributed by atoms with Crippen molar-refractivity contribution in [2.24, 2.45) is 11.3 Å². The number of rotatable bonds is 1. The van der Waals surface area contributed by atoms with Crippen LogP contribution in [0.1, 0.15) is 43.0 Å². The van der Waals surface area contributed by atoms with Crippen molar-refractivity contribution in [1.82, 2.24) is 4.98 Å². The molecule has 0 spiro atoms. The molecule has 1 N–H and O–H groups in total. The highest BCUT2D eigenvalue weighted by Crippen LogP contribution is 2.62. The van der Waals surface area contributed by atoms with Gasteiger partial charge in [0.05, 0.1) is 0 Å². The fraction of sp³-hybridized carbons (Fsp3) is 0.368. The monoisotopic (exact) mass is 326 g/mol. The fourth-order valence-electron chi connectivity index (χ4n) is 4.34.